The number of hydrogen-bond acceptors (Lipinski definition) is 3. The van der Waals surface area contributed by atoms with Crippen LogP contribution < -0.4 is 10.1 Å². The number of nitrogens with one attached hydrogen (secondary N) is 1. The van der Waals surface area contributed by atoms with E-state index in [4.69, 9.17) is 27.9 Å². The molecule has 0 saturated carbocycles. The Hall–Kier alpha value is -3.21. The molecule has 6 heteroatoms. The van der Waals surface area contributed by atoms with E-state index in [1.54, 1.807) is 24.3 Å². The molecular weight excluding hydrogens is 409 g/mol. The van der Waals surface area contributed by atoms with E-state index < -0.39 is 5.91 Å². The molecule has 4 aromatic carbocycles. The van der Waals surface area contributed by atoms with Crippen LogP contribution in [0.1, 0.15) is 10.4 Å². The molecule has 0 aromatic heterocycles. The van der Waals surface area contributed by atoms with E-state index >= 15 is 0 Å². The second-order valence-electron chi connectivity index (χ2n) is 6.35. The van der Waals surface area contributed by atoms with Crippen LogP contribution in [0.25, 0.3) is 10.8 Å². The molecule has 1 amide bonds. The van der Waals surface area contributed by atoms with Crippen molar-refractivity contribution < 1.29 is 14.6 Å². The summed E-state index contributed by atoms with van der Waals surface area (Å²) in [5, 5.41) is 15.3. The lowest BCUT2D eigenvalue weighted by Crippen LogP contribution is -2.12. The third-order valence-corrected chi connectivity index (χ3v) is 4.97. The number of phenolic OH excluding ortho intramolecular Hbond substituents is 1. The standard InChI is InChI=1S/C23H15Cl2NO3/c24-19-7-3-6-18(22(19)27)23(28)26-16-9-11-21(20(25)13-16)29-17-10-8-14-4-1-2-5-15(14)12-17/h1-13,27H,(H,26,28). The minimum Gasteiger partial charge on any atom is -0.506 e. The predicted molar refractivity (Wildman–Crippen MR) is 117 cm³/mol. The van der Waals surface area contributed by atoms with E-state index in [9.17, 15) is 9.90 Å². The van der Waals surface area contributed by atoms with Crippen molar-refractivity contribution in [3.63, 3.8) is 0 Å². The number of aromatic hydroxyl groups is 1. The third-order valence-electron chi connectivity index (χ3n) is 4.37. The highest BCUT2D eigenvalue weighted by Crippen LogP contribution is 2.33. The Morgan fingerprint density at radius 1 is 0.828 bits per heavy atom. The van der Waals surface area contributed by atoms with Crippen molar-refractivity contribution >= 4 is 45.6 Å². The van der Waals surface area contributed by atoms with Gasteiger partial charge in [-0.1, -0.05) is 59.6 Å². The number of fused-ring (bicyclic) bond motifs is 1. The van der Waals surface area contributed by atoms with Gasteiger partial charge in [0.15, 0.2) is 0 Å². The highest BCUT2D eigenvalue weighted by Gasteiger charge is 2.14. The number of anilines is 1. The maximum atomic E-state index is 12.4. The van der Waals surface area contributed by atoms with Gasteiger partial charge in [-0.3, -0.25) is 4.79 Å². The summed E-state index contributed by atoms with van der Waals surface area (Å²) in [5.74, 6) is 0.357. The zero-order valence-corrected chi connectivity index (χ0v) is 16.5. The molecule has 4 nitrogen and oxygen atoms in total. The molecule has 0 spiro atoms. The summed E-state index contributed by atoms with van der Waals surface area (Å²) >= 11 is 12.2. The van der Waals surface area contributed by atoms with Crippen LogP contribution in [0, 0.1) is 0 Å². The topological polar surface area (TPSA) is 58.6 Å². The maximum Gasteiger partial charge on any atom is 0.259 e. The van der Waals surface area contributed by atoms with Crippen molar-refractivity contribution in [1.29, 1.82) is 0 Å². The van der Waals surface area contributed by atoms with Crippen LogP contribution in [0.4, 0.5) is 5.69 Å². The van der Waals surface area contributed by atoms with E-state index in [-0.39, 0.29) is 16.3 Å². The van der Waals surface area contributed by atoms with Gasteiger partial charge < -0.3 is 15.2 Å². The molecule has 2 N–H and O–H groups in total. The van der Waals surface area contributed by atoms with Crippen LogP contribution in [0.5, 0.6) is 17.2 Å². The molecule has 144 valence electrons. The highest BCUT2D eigenvalue weighted by atomic mass is 35.5. The predicted octanol–water partition coefficient (Wildman–Crippen LogP) is 6.90. The third kappa shape index (κ3) is 4.14. The Kier molecular flexibility index (Phi) is 5.30. The van der Waals surface area contributed by atoms with Crippen molar-refractivity contribution in [2.24, 2.45) is 0 Å². The van der Waals surface area contributed by atoms with Gasteiger partial charge in [0.1, 0.15) is 17.2 Å². The molecule has 0 fully saturated rings. The Labute approximate surface area is 177 Å². The summed E-state index contributed by atoms with van der Waals surface area (Å²) in [5.41, 5.74) is 0.537. The molecule has 0 aliphatic rings. The van der Waals surface area contributed by atoms with Gasteiger partial charge in [-0.15, -0.1) is 0 Å². The summed E-state index contributed by atoms with van der Waals surface area (Å²) in [7, 11) is 0. The molecule has 0 saturated heterocycles. The molecule has 0 aliphatic carbocycles. The molecule has 0 radical (unpaired) electrons. The van der Waals surface area contributed by atoms with Crippen LogP contribution >= 0.6 is 23.2 Å². The molecule has 4 aromatic rings. The monoisotopic (exact) mass is 423 g/mol. The fourth-order valence-electron chi connectivity index (χ4n) is 2.92. The molecule has 0 aliphatic heterocycles. The van der Waals surface area contributed by atoms with Crippen LogP contribution in [0.15, 0.2) is 78.9 Å². The Balaban J connectivity index is 1.52. The van der Waals surface area contributed by atoms with E-state index in [1.807, 2.05) is 42.5 Å². The average molecular weight is 424 g/mol. The molecule has 0 unspecified atom stereocenters. The number of para-hydroxylation sites is 1. The number of carbonyl (C=O) groups excluding carboxylic acids is 1. The second-order valence-corrected chi connectivity index (χ2v) is 7.16. The lowest BCUT2D eigenvalue weighted by molar-refractivity contribution is 0.102. The van der Waals surface area contributed by atoms with Crippen LogP contribution in [0.3, 0.4) is 0 Å². The average Bonchev–Trinajstić information content (AvgIpc) is 2.72. The van der Waals surface area contributed by atoms with Crippen molar-refractivity contribution in [1.82, 2.24) is 0 Å². The van der Waals surface area contributed by atoms with Gasteiger partial charge in [-0.2, -0.15) is 0 Å². The van der Waals surface area contributed by atoms with Gasteiger partial charge in [-0.25, -0.2) is 0 Å². The van der Waals surface area contributed by atoms with Gasteiger partial charge in [0.05, 0.1) is 15.6 Å². The van der Waals surface area contributed by atoms with Crippen molar-refractivity contribution in [2.45, 2.75) is 0 Å². The second kappa shape index (κ2) is 8.03. The molecule has 0 heterocycles. The highest BCUT2D eigenvalue weighted by molar-refractivity contribution is 6.33. The number of ether oxygens (including phenoxy) is 1. The number of hydrogen-bond donors (Lipinski definition) is 2. The van der Waals surface area contributed by atoms with Crippen molar-refractivity contribution in [3.05, 3.63) is 94.5 Å². The van der Waals surface area contributed by atoms with E-state index in [0.717, 1.165) is 10.8 Å². The first-order valence-electron chi connectivity index (χ1n) is 8.76. The minimum atomic E-state index is -0.496. The zero-order valence-electron chi connectivity index (χ0n) is 15.0. The van der Waals surface area contributed by atoms with E-state index in [1.165, 1.54) is 12.1 Å². The SMILES string of the molecule is O=C(Nc1ccc(Oc2ccc3ccccc3c2)c(Cl)c1)c1cccc(Cl)c1O. The molecule has 0 bridgehead atoms. The Bertz CT molecular complexity index is 1220. The lowest BCUT2D eigenvalue weighted by atomic mass is 10.1. The van der Waals surface area contributed by atoms with Crippen molar-refractivity contribution in [3.8, 4) is 17.2 Å². The van der Waals surface area contributed by atoms with Gasteiger partial charge in [0.2, 0.25) is 0 Å². The number of halogens is 2. The van der Waals surface area contributed by atoms with Crippen LogP contribution in [0.2, 0.25) is 10.0 Å². The van der Waals surface area contributed by atoms with E-state index in [2.05, 4.69) is 5.32 Å². The summed E-state index contributed by atoms with van der Waals surface area (Å²) in [6, 6.07) is 23.3. The first kappa shape index (κ1) is 19.1. The molecule has 4 rings (SSSR count). The summed E-state index contributed by atoms with van der Waals surface area (Å²) in [6.45, 7) is 0. The quantitative estimate of drug-likeness (QED) is 0.375. The Morgan fingerprint density at radius 3 is 2.41 bits per heavy atom. The Morgan fingerprint density at radius 2 is 1.62 bits per heavy atom. The largest absolute Gasteiger partial charge is 0.506 e. The maximum absolute atomic E-state index is 12.4. The number of rotatable bonds is 4. The first-order chi connectivity index (χ1) is 14.0. The van der Waals surface area contributed by atoms with Gasteiger partial charge in [0, 0.05) is 5.69 Å². The fourth-order valence-corrected chi connectivity index (χ4v) is 3.31. The van der Waals surface area contributed by atoms with Gasteiger partial charge in [-0.05, 0) is 53.2 Å². The summed E-state index contributed by atoms with van der Waals surface area (Å²) < 4.78 is 5.89. The molecule has 29 heavy (non-hydrogen) atoms. The number of phenols is 1. The minimum absolute atomic E-state index is 0.0742. The smallest absolute Gasteiger partial charge is 0.259 e. The molecular formula is C23H15Cl2NO3. The number of amides is 1. The number of benzene rings is 4. The van der Waals surface area contributed by atoms with E-state index in [0.29, 0.717) is 22.2 Å². The lowest BCUT2D eigenvalue weighted by Gasteiger charge is -2.11. The van der Waals surface area contributed by atoms with Gasteiger partial charge >= 0.3 is 0 Å². The number of carbonyl (C=O) groups is 1. The fraction of sp³-hybridized carbons (Fsp3) is 0. The zero-order chi connectivity index (χ0) is 20.4. The first-order valence-corrected chi connectivity index (χ1v) is 9.52. The summed E-state index contributed by atoms with van der Waals surface area (Å²) in [4.78, 5) is 12.4. The molecule has 0 atom stereocenters. The van der Waals surface area contributed by atoms with Gasteiger partial charge in [0.25, 0.3) is 5.91 Å². The summed E-state index contributed by atoms with van der Waals surface area (Å²) in [6.07, 6.45) is 0. The van der Waals surface area contributed by atoms with Crippen LogP contribution in [-0.2, 0) is 0 Å². The normalized spacial score (nSPS) is 10.7. The van der Waals surface area contributed by atoms with Crippen molar-refractivity contribution in [2.75, 3.05) is 5.32 Å². The van der Waals surface area contributed by atoms with Crippen LogP contribution in [-0.4, -0.2) is 11.0 Å².